The third-order valence-electron chi connectivity index (χ3n) is 1.44. The van der Waals surface area contributed by atoms with Crippen LogP contribution in [-0.2, 0) is 23.9 Å². The van der Waals surface area contributed by atoms with Crippen molar-refractivity contribution in [2.24, 2.45) is 0 Å². The minimum Gasteiger partial charge on any atom is -0.478 e. The summed E-state index contributed by atoms with van der Waals surface area (Å²) in [4.78, 5) is 32.0. The topological polar surface area (TPSA) is 89.9 Å². The Morgan fingerprint density at radius 1 is 1.31 bits per heavy atom. The first-order chi connectivity index (χ1) is 7.45. The van der Waals surface area contributed by atoms with E-state index in [1.807, 2.05) is 0 Å². The van der Waals surface area contributed by atoms with Crippen molar-refractivity contribution in [2.75, 3.05) is 6.61 Å². The monoisotopic (exact) mass is 230 g/mol. The molecule has 0 heterocycles. The van der Waals surface area contributed by atoms with Crippen LogP contribution in [0.5, 0.6) is 0 Å². The number of carbonyl (C=O) groups excluding carboxylic acids is 2. The minimum atomic E-state index is -1.24. The van der Waals surface area contributed by atoms with E-state index in [-0.39, 0.29) is 13.0 Å². The lowest BCUT2D eigenvalue weighted by atomic mass is 10.3. The summed E-state index contributed by atoms with van der Waals surface area (Å²) in [5.74, 6) is -2.51. The van der Waals surface area contributed by atoms with Gasteiger partial charge in [-0.25, -0.2) is 9.59 Å². The fourth-order valence-corrected chi connectivity index (χ4v) is 0.873. The van der Waals surface area contributed by atoms with E-state index in [0.717, 1.165) is 6.08 Å². The highest BCUT2D eigenvalue weighted by Crippen LogP contribution is 2.00. The number of carbonyl (C=O) groups is 3. The Bertz CT molecular complexity index is 294. The third kappa shape index (κ3) is 7.54. The molecule has 0 aliphatic heterocycles. The zero-order valence-electron chi connectivity index (χ0n) is 9.13. The second-order valence-corrected chi connectivity index (χ2v) is 2.93. The Labute approximate surface area is 92.8 Å². The standard InChI is InChI=1S/C10H14O6/c1-3-15-10(14)6-7(2)16-9(13)5-4-8(11)12/h4-5,7H,3,6H2,1-2H3,(H,11,12)/b5-4+. The molecular weight excluding hydrogens is 216 g/mol. The van der Waals surface area contributed by atoms with Crippen LogP contribution < -0.4 is 0 Å². The number of hydrogen-bond acceptors (Lipinski definition) is 5. The number of ether oxygens (including phenoxy) is 2. The molecule has 1 N–H and O–H groups in total. The lowest BCUT2D eigenvalue weighted by molar-refractivity contribution is -0.151. The quantitative estimate of drug-likeness (QED) is 0.528. The molecule has 0 amide bonds. The van der Waals surface area contributed by atoms with Crippen LogP contribution in [0.2, 0.25) is 0 Å². The van der Waals surface area contributed by atoms with Crippen LogP contribution in [0.3, 0.4) is 0 Å². The number of rotatable bonds is 6. The predicted octanol–water partition coefficient (Wildman–Crippen LogP) is 0.512. The van der Waals surface area contributed by atoms with Gasteiger partial charge in [-0.3, -0.25) is 4.79 Å². The molecule has 0 aromatic heterocycles. The molecule has 0 rings (SSSR count). The van der Waals surface area contributed by atoms with E-state index in [4.69, 9.17) is 9.84 Å². The summed E-state index contributed by atoms with van der Waals surface area (Å²) in [5.41, 5.74) is 0. The maximum absolute atomic E-state index is 11.0. The van der Waals surface area contributed by atoms with E-state index in [2.05, 4.69) is 4.74 Å². The van der Waals surface area contributed by atoms with Crippen LogP contribution in [0.1, 0.15) is 20.3 Å². The maximum Gasteiger partial charge on any atom is 0.331 e. The molecule has 0 aliphatic carbocycles. The maximum atomic E-state index is 11.0. The van der Waals surface area contributed by atoms with Crippen molar-refractivity contribution in [3.63, 3.8) is 0 Å². The summed E-state index contributed by atoms with van der Waals surface area (Å²) < 4.78 is 9.38. The van der Waals surface area contributed by atoms with Crippen molar-refractivity contribution < 1.29 is 29.0 Å². The molecule has 0 spiro atoms. The molecule has 1 atom stereocenters. The number of esters is 2. The van der Waals surface area contributed by atoms with E-state index in [0.29, 0.717) is 6.08 Å². The highest BCUT2D eigenvalue weighted by molar-refractivity contribution is 5.90. The highest BCUT2D eigenvalue weighted by Gasteiger charge is 2.13. The van der Waals surface area contributed by atoms with Gasteiger partial charge in [0.25, 0.3) is 0 Å². The average molecular weight is 230 g/mol. The Kier molecular flexibility index (Phi) is 6.58. The first-order valence-electron chi connectivity index (χ1n) is 4.73. The highest BCUT2D eigenvalue weighted by atomic mass is 16.6. The van der Waals surface area contributed by atoms with Gasteiger partial charge in [0.2, 0.25) is 0 Å². The fraction of sp³-hybridized carbons (Fsp3) is 0.500. The number of carboxylic acid groups (broad SMARTS) is 1. The SMILES string of the molecule is CCOC(=O)CC(C)OC(=O)/C=C/C(=O)O. The molecule has 90 valence electrons. The zero-order chi connectivity index (χ0) is 12.6. The predicted molar refractivity (Wildman–Crippen MR) is 53.6 cm³/mol. The largest absolute Gasteiger partial charge is 0.478 e. The molecule has 1 unspecified atom stereocenters. The second kappa shape index (κ2) is 7.44. The van der Waals surface area contributed by atoms with Crippen LogP contribution >= 0.6 is 0 Å². The number of aliphatic carboxylic acids is 1. The third-order valence-corrected chi connectivity index (χ3v) is 1.44. The number of hydrogen-bond donors (Lipinski definition) is 1. The van der Waals surface area contributed by atoms with Gasteiger partial charge in [0.1, 0.15) is 6.10 Å². The number of carboxylic acids is 1. The fourth-order valence-electron chi connectivity index (χ4n) is 0.873. The van der Waals surface area contributed by atoms with E-state index in [9.17, 15) is 14.4 Å². The van der Waals surface area contributed by atoms with E-state index in [1.165, 1.54) is 6.92 Å². The molecule has 0 saturated carbocycles. The Hall–Kier alpha value is -1.85. The van der Waals surface area contributed by atoms with Gasteiger partial charge in [-0.05, 0) is 13.8 Å². The molecule has 6 heteroatoms. The Balaban J connectivity index is 3.95. The zero-order valence-corrected chi connectivity index (χ0v) is 9.13. The van der Waals surface area contributed by atoms with Gasteiger partial charge in [0.05, 0.1) is 13.0 Å². The van der Waals surface area contributed by atoms with Crippen LogP contribution in [0.4, 0.5) is 0 Å². The van der Waals surface area contributed by atoms with Crippen molar-refractivity contribution in [1.82, 2.24) is 0 Å². The smallest absolute Gasteiger partial charge is 0.331 e. The van der Waals surface area contributed by atoms with Gasteiger partial charge >= 0.3 is 17.9 Å². The normalized spacial score (nSPS) is 12.1. The summed E-state index contributed by atoms with van der Waals surface area (Å²) >= 11 is 0. The van der Waals surface area contributed by atoms with E-state index >= 15 is 0 Å². The molecule has 6 nitrogen and oxygen atoms in total. The van der Waals surface area contributed by atoms with Gasteiger partial charge in [-0.2, -0.15) is 0 Å². The second-order valence-electron chi connectivity index (χ2n) is 2.93. The van der Waals surface area contributed by atoms with E-state index < -0.39 is 24.0 Å². The molecule has 16 heavy (non-hydrogen) atoms. The summed E-state index contributed by atoms with van der Waals surface area (Å²) in [6, 6.07) is 0. The molecule has 0 aromatic rings. The van der Waals surface area contributed by atoms with Gasteiger partial charge < -0.3 is 14.6 Å². The van der Waals surface area contributed by atoms with Crippen LogP contribution in [0.15, 0.2) is 12.2 Å². The van der Waals surface area contributed by atoms with Crippen LogP contribution in [0, 0.1) is 0 Å². The lowest BCUT2D eigenvalue weighted by Crippen LogP contribution is -2.19. The van der Waals surface area contributed by atoms with Crippen molar-refractivity contribution in [2.45, 2.75) is 26.4 Å². The first-order valence-corrected chi connectivity index (χ1v) is 4.73. The van der Waals surface area contributed by atoms with Crippen molar-refractivity contribution >= 4 is 17.9 Å². The lowest BCUT2D eigenvalue weighted by Gasteiger charge is -2.10. The Morgan fingerprint density at radius 2 is 1.94 bits per heavy atom. The molecule has 0 bridgehead atoms. The van der Waals surface area contributed by atoms with Crippen molar-refractivity contribution in [3.05, 3.63) is 12.2 Å². The van der Waals surface area contributed by atoms with Crippen molar-refractivity contribution in [1.29, 1.82) is 0 Å². The van der Waals surface area contributed by atoms with Gasteiger partial charge in [0.15, 0.2) is 0 Å². The molecule has 0 saturated heterocycles. The van der Waals surface area contributed by atoms with Crippen LogP contribution in [0.25, 0.3) is 0 Å². The van der Waals surface area contributed by atoms with E-state index in [1.54, 1.807) is 6.92 Å². The minimum absolute atomic E-state index is 0.0551. The molecule has 0 aliphatic rings. The summed E-state index contributed by atoms with van der Waals surface area (Å²) in [6.07, 6.45) is 0.745. The summed E-state index contributed by atoms with van der Waals surface area (Å²) in [5, 5.41) is 8.24. The average Bonchev–Trinajstić information content (AvgIpc) is 2.14. The molecular formula is C10H14O6. The van der Waals surface area contributed by atoms with Gasteiger partial charge in [-0.1, -0.05) is 0 Å². The first kappa shape index (κ1) is 14.2. The molecule has 0 aromatic carbocycles. The molecule has 0 radical (unpaired) electrons. The molecule has 0 fully saturated rings. The van der Waals surface area contributed by atoms with Gasteiger partial charge in [0, 0.05) is 12.2 Å². The van der Waals surface area contributed by atoms with Crippen molar-refractivity contribution in [3.8, 4) is 0 Å². The van der Waals surface area contributed by atoms with Crippen LogP contribution in [-0.4, -0.2) is 35.7 Å². The Morgan fingerprint density at radius 3 is 2.44 bits per heavy atom. The summed E-state index contributed by atoms with van der Waals surface area (Å²) in [7, 11) is 0. The summed E-state index contributed by atoms with van der Waals surface area (Å²) in [6.45, 7) is 3.45. The van der Waals surface area contributed by atoms with Gasteiger partial charge in [-0.15, -0.1) is 0 Å².